The highest BCUT2D eigenvalue weighted by atomic mass is 16.7. The summed E-state index contributed by atoms with van der Waals surface area (Å²) in [6.45, 7) is 1.51. The van der Waals surface area contributed by atoms with Gasteiger partial charge in [0.1, 0.15) is 68.5 Å². The lowest BCUT2D eigenvalue weighted by Crippen LogP contribution is -2.50. The van der Waals surface area contributed by atoms with E-state index in [2.05, 4.69) is 10.6 Å². The van der Waals surface area contributed by atoms with Crippen molar-refractivity contribution in [3.8, 4) is 51.7 Å². The Morgan fingerprint density at radius 3 is 1.02 bits per heavy atom. The number of carbonyl (C=O) groups is 15. The molecule has 3 saturated heterocycles. The van der Waals surface area contributed by atoms with Crippen LogP contribution in [0.4, 0.5) is 0 Å². The van der Waals surface area contributed by atoms with Crippen molar-refractivity contribution in [3.05, 3.63) is 155 Å². The van der Waals surface area contributed by atoms with Crippen LogP contribution in [-0.2, 0) is 105 Å². The molecule has 41 nitrogen and oxygen atoms in total. The molecule has 3 heterocycles. The fraction of sp³-hybridized carbons (Fsp3) is 0.452. The molecule has 0 saturated carbocycles. The van der Waals surface area contributed by atoms with Gasteiger partial charge in [-0.25, -0.2) is 5.84 Å². The first-order valence-electron chi connectivity index (χ1n) is 43.2. The molecule has 8 unspecified atom stereocenters. The standard InChI is InChI=1S/C93H96N4O37/c1-38-11-7-18-64(129-38)132-52-32-91(119,29-46-70(52)88(116)76-73(82(46)110)79(107)43-12-8-15-49(123-4)67(43)85(76)113)55(98)35-126-61(104)22-19-58(101)95-41-25-39(2)130-65(27-41)133-53-33-92(120,30-47-71(53)89(117)77-74(83(47)111)80(108)44-13-9-16-50(124-5)68(44)86(77)114)56(99)36-127-62(105)23-20-59(102)96-42-26-40(3)131-66(28-42)134-54-34-93(121,57(100)37-128-63(106)24-21-60(103)97(94)122)31-48-72(54)90(118)78-75(84(48)112)81(109)45-14-10-17-51(125-6)69(45)87(78)115/h8-10,12-17,38-42,52-54,64-66,110-112,116-122H,7,11,18-37,94H2,1-6H3,(H,95,101)(H,96,102)/t38?,39?,40?,41?,42?,52-,53-,54-,64?,65?,66?,91-,92-,93-/m0/s1. The Bertz CT molecular complexity index is 5980. The number of nitrogens with two attached hydrogens (primary N) is 1. The number of nitrogens with one attached hydrogen (secondary N) is 2. The maximum absolute atomic E-state index is 14.6. The molecule has 3 fully saturated rings. The predicted octanol–water partition coefficient (Wildman–Crippen LogP) is 4.58. The second kappa shape index (κ2) is 37.8. The minimum atomic E-state index is -2.74. The molecule has 6 aliphatic carbocycles. The van der Waals surface area contributed by atoms with E-state index >= 15 is 0 Å². The van der Waals surface area contributed by atoms with Crippen molar-refractivity contribution in [2.75, 3.05) is 41.2 Å². The average molecular weight is 1860 g/mol. The molecular weight excluding hydrogens is 1770 g/mol. The topological polar surface area (TPSA) is 622 Å². The molecular formula is C93H96N4O37. The Balaban J connectivity index is 0.595. The fourth-order valence-corrected chi connectivity index (χ4v) is 19.4. The molecule has 134 heavy (non-hydrogen) atoms. The summed E-state index contributed by atoms with van der Waals surface area (Å²) in [6.07, 6.45) is -18.1. The van der Waals surface area contributed by atoms with Gasteiger partial charge in [-0.1, -0.05) is 36.4 Å². The first-order chi connectivity index (χ1) is 63.6. The van der Waals surface area contributed by atoms with Crippen molar-refractivity contribution in [2.24, 2.45) is 5.84 Å². The van der Waals surface area contributed by atoms with Crippen LogP contribution in [0.3, 0.4) is 0 Å². The number of ether oxygens (including phenoxy) is 12. The van der Waals surface area contributed by atoms with Crippen LogP contribution in [0.25, 0.3) is 0 Å². The number of carbonyl (C=O) groups excluding carboxylic acids is 15. The summed E-state index contributed by atoms with van der Waals surface area (Å²) in [4.78, 5) is 208. The van der Waals surface area contributed by atoms with Crippen molar-refractivity contribution in [1.82, 2.24) is 15.8 Å². The molecule has 0 spiro atoms. The zero-order valence-corrected chi connectivity index (χ0v) is 73.1. The van der Waals surface area contributed by atoms with Crippen molar-refractivity contribution in [1.29, 1.82) is 0 Å². The van der Waals surface area contributed by atoms with E-state index < -0.39 is 342 Å². The Morgan fingerprint density at radius 1 is 0.403 bits per heavy atom. The summed E-state index contributed by atoms with van der Waals surface area (Å²) < 4.78 is 69.5. The zero-order chi connectivity index (χ0) is 96.5. The molecule has 15 rings (SSSR count). The molecule has 41 heteroatoms. The van der Waals surface area contributed by atoms with Gasteiger partial charge in [-0.05, 0) is 71.1 Å². The van der Waals surface area contributed by atoms with Gasteiger partial charge in [0, 0.05) is 133 Å². The molecule has 0 radical (unpaired) electrons. The van der Waals surface area contributed by atoms with E-state index in [1.165, 1.54) is 75.9 Å². The van der Waals surface area contributed by atoms with Gasteiger partial charge in [0.2, 0.25) is 46.5 Å². The second-order valence-corrected chi connectivity index (χ2v) is 34.8. The number of hydrazine groups is 1. The van der Waals surface area contributed by atoms with Crippen LogP contribution in [0, 0.1) is 0 Å². The van der Waals surface area contributed by atoms with Crippen molar-refractivity contribution in [2.45, 2.75) is 227 Å². The molecule has 14 N–H and O–H groups in total. The maximum atomic E-state index is 14.6. The number of phenolic OH excluding ortho intramolecular Hbond substituents is 6. The first kappa shape index (κ1) is 95.5. The number of fused-ring (bicyclic) bond motifs is 9. The largest absolute Gasteiger partial charge is 0.507 e. The predicted molar refractivity (Wildman–Crippen MR) is 448 cm³/mol. The van der Waals surface area contributed by atoms with Gasteiger partial charge in [0.05, 0.1) is 127 Å². The number of rotatable bonds is 29. The monoisotopic (exact) mass is 1860 g/mol. The molecule has 710 valence electrons. The highest BCUT2D eigenvalue weighted by Gasteiger charge is 2.56. The van der Waals surface area contributed by atoms with Gasteiger partial charge in [0.25, 0.3) is 5.91 Å². The van der Waals surface area contributed by atoms with Crippen molar-refractivity contribution in [3.63, 3.8) is 0 Å². The van der Waals surface area contributed by atoms with Gasteiger partial charge < -0.3 is 113 Å². The Kier molecular flexibility index (Phi) is 26.9. The van der Waals surface area contributed by atoms with E-state index in [0.29, 0.717) is 19.3 Å². The molecule has 0 aromatic heterocycles. The van der Waals surface area contributed by atoms with Gasteiger partial charge >= 0.3 is 17.9 Å². The quantitative estimate of drug-likeness (QED) is 0.00580. The SMILES string of the molecule is COc1cccc2c1C(=O)c1c(O)c3c(c(O)c1C2=O)C[C@@](O)(C(=O)COC(=O)CCC(=O)NC1CC(C)OC(O[C@H]2C[C@](O)(C(=O)COC(=O)CCC(=O)NC4CC(C)OC(O[C@H]5C[C@](O)(C(=O)COC(=O)CCC(=O)N(N)O)Cc6c(O)c7c(c(O)c65)C(=O)c5c(OC)cccc5C7=O)C4)Cc4c(O)c5c(c(O)c42)C(=O)c2c(OC)cccc2C5=O)C1)C[C@@H]3OC1CCCC(C)O1. The van der Waals surface area contributed by atoms with Gasteiger partial charge in [0.15, 0.2) is 56.0 Å². The highest BCUT2D eigenvalue weighted by Crippen LogP contribution is 2.58. The Morgan fingerprint density at radius 2 is 0.709 bits per heavy atom. The minimum absolute atomic E-state index is 0.0152. The number of nitrogens with zero attached hydrogens (tertiary/aromatic N) is 1. The molecule has 14 atom stereocenters. The number of phenols is 6. The summed E-state index contributed by atoms with van der Waals surface area (Å²) in [5, 5.41) is 125. The molecule has 3 amide bonds. The fourth-order valence-electron chi connectivity index (χ4n) is 19.4. The van der Waals surface area contributed by atoms with Crippen LogP contribution in [0.1, 0.15) is 271 Å². The summed E-state index contributed by atoms with van der Waals surface area (Å²) in [7, 11) is 3.74. The Hall–Kier alpha value is -13.1. The number of aromatic hydroxyl groups is 6. The summed E-state index contributed by atoms with van der Waals surface area (Å²) in [5.41, 5.74) is -15.3. The molecule has 0 bridgehead atoms. The minimum Gasteiger partial charge on any atom is -0.507 e. The lowest BCUT2D eigenvalue weighted by molar-refractivity contribution is -0.227. The van der Waals surface area contributed by atoms with Gasteiger partial charge in [-0.15, -0.1) is 0 Å². The number of hydrogen-bond donors (Lipinski definition) is 13. The number of Topliss-reactive ketones (excluding diaryl/α,β-unsaturated/α-hetero) is 3. The maximum Gasteiger partial charge on any atom is 0.306 e. The van der Waals surface area contributed by atoms with Crippen LogP contribution in [0.2, 0.25) is 0 Å². The van der Waals surface area contributed by atoms with E-state index in [0.717, 1.165) is 0 Å². The zero-order valence-electron chi connectivity index (χ0n) is 73.1. The van der Waals surface area contributed by atoms with Crippen LogP contribution in [0.5, 0.6) is 51.7 Å². The molecule has 3 aliphatic heterocycles. The van der Waals surface area contributed by atoms with Gasteiger partial charge in [-0.2, -0.15) is 5.17 Å². The molecule has 6 aromatic rings. The van der Waals surface area contributed by atoms with E-state index in [9.17, 15) is 123 Å². The van der Waals surface area contributed by atoms with E-state index in [-0.39, 0.29) is 110 Å². The van der Waals surface area contributed by atoms with Crippen molar-refractivity contribution < 1.29 is 180 Å². The van der Waals surface area contributed by atoms with Crippen LogP contribution in [0.15, 0.2) is 54.6 Å². The van der Waals surface area contributed by atoms with Crippen LogP contribution < -0.4 is 30.7 Å². The number of amides is 3. The number of hydroxylamine groups is 1. The van der Waals surface area contributed by atoms with Crippen molar-refractivity contribution >= 4 is 87.7 Å². The summed E-state index contributed by atoms with van der Waals surface area (Å²) in [5.74, 6) is -15.6. The number of ketones is 9. The van der Waals surface area contributed by atoms with E-state index in [1.54, 1.807) is 20.8 Å². The number of methoxy groups -OCH3 is 3. The number of hydrogen-bond acceptors (Lipinski definition) is 38. The van der Waals surface area contributed by atoms with E-state index in [1.807, 2.05) is 0 Å². The molecule has 6 aromatic carbocycles. The third-order valence-corrected chi connectivity index (χ3v) is 25.9. The second-order valence-electron chi connectivity index (χ2n) is 34.8. The summed E-state index contributed by atoms with van der Waals surface area (Å²) in [6, 6.07) is 10.6. The van der Waals surface area contributed by atoms with Crippen LogP contribution >= 0.6 is 0 Å². The van der Waals surface area contributed by atoms with Crippen LogP contribution in [-0.4, -0.2) is 251 Å². The Labute approximate surface area is 760 Å². The molecule has 9 aliphatic rings. The number of benzene rings is 6. The number of aliphatic hydroxyl groups is 3. The lowest BCUT2D eigenvalue weighted by Gasteiger charge is -2.41. The third-order valence-electron chi connectivity index (χ3n) is 25.9. The third kappa shape index (κ3) is 18.0. The summed E-state index contributed by atoms with van der Waals surface area (Å²) >= 11 is 0. The van der Waals surface area contributed by atoms with Gasteiger partial charge in [-0.3, -0.25) is 77.1 Å². The smallest absolute Gasteiger partial charge is 0.306 e. The highest BCUT2D eigenvalue weighted by molar-refractivity contribution is 6.34. The van der Waals surface area contributed by atoms with E-state index in [4.69, 9.17) is 62.7 Å². The number of esters is 3. The first-order valence-corrected chi connectivity index (χ1v) is 43.2. The normalized spacial score (nSPS) is 25.3. The lowest BCUT2D eigenvalue weighted by atomic mass is 9.72. The average Bonchev–Trinajstić information content (AvgIpc) is 0.717.